The Morgan fingerprint density at radius 1 is 1.15 bits per heavy atom. The maximum Gasteiger partial charge on any atom is 0.319 e. The fourth-order valence-corrected chi connectivity index (χ4v) is 3.37. The molecule has 2 amide bonds. The molecule has 1 saturated heterocycles. The number of nitrogens with zero attached hydrogens (tertiary/aromatic N) is 1. The van der Waals surface area contributed by atoms with Gasteiger partial charge in [0, 0.05) is 37.4 Å². The van der Waals surface area contributed by atoms with Crippen LogP contribution in [-0.4, -0.2) is 31.0 Å². The van der Waals surface area contributed by atoms with E-state index in [9.17, 15) is 4.79 Å². The zero-order valence-corrected chi connectivity index (χ0v) is 14.3. The standard InChI is InChI=1S/C19H21N3O4/c23-19(21-15-3-4-16-17(10-15)26-12-25-16)22-18(13-5-8-24-9-6-13)14-2-1-7-20-11-14/h1-4,7,10-11,13,18H,5-6,8-9,12H2,(H2,21,22,23)/t18-/m0/s1. The highest BCUT2D eigenvalue weighted by Gasteiger charge is 2.27. The third-order valence-electron chi connectivity index (χ3n) is 4.70. The van der Waals surface area contributed by atoms with E-state index < -0.39 is 0 Å². The molecule has 4 rings (SSSR count). The molecule has 0 spiro atoms. The zero-order valence-electron chi connectivity index (χ0n) is 14.3. The zero-order chi connectivity index (χ0) is 17.8. The number of anilines is 1. The predicted molar refractivity (Wildman–Crippen MR) is 95.2 cm³/mol. The van der Waals surface area contributed by atoms with Gasteiger partial charge >= 0.3 is 6.03 Å². The summed E-state index contributed by atoms with van der Waals surface area (Å²) in [7, 11) is 0. The average Bonchev–Trinajstić information content (AvgIpc) is 3.15. The fourth-order valence-electron chi connectivity index (χ4n) is 3.37. The molecule has 0 unspecified atom stereocenters. The number of aromatic nitrogens is 1. The molecule has 26 heavy (non-hydrogen) atoms. The third kappa shape index (κ3) is 3.72. The summed E-state index contributed by atoms with van der Waals surface area (Å²) in [4.78, 5) is 16.8. The van der Waals surface area contributed by atoms with Crippen molar-refractivity contribution in [1.82, 2.24) is 10.3 Å². The minimum Gasteiger partial charge on any atom is -0.454 e. The molecule has 1 atom stereocenters. The van der Waals surface area contributed by atoms with Crippen LogP contribution >= 0.6 is 0 Å². The van der Waals surface area contributed by atoms with Crippen LogP contribution in [0.25, 0.3) is 0 Å². The summed E-state index contributed by atoms with van der Waals surface area (Å²) in [6.07, 6.45) is 5.35. The molecule has 3 heterocycles. The highest BCUT2D eigenvalue weighted by molar-refractivity contribution is 5.90. The van der Waals surface area contributed by atoms with Crippen LogP contribution < -0.4 is 20.1 Å². The van der Waals surface area contributed by atoms with Crippen LogP contribution in [0.15, 0.2) is 42.7 Å². The molecule has 0 bridgehead atoms. The first-order valence-electron chi connectivity index (χ1n) is 8.74. The second-order valence-electron chi connectivity index (χ2n) is 6.38. The number of carbonyl (C=O) groups excluding carboxylic acids is 1. The lowest BCUT2D eigenvalue weighted by Gasteiger charge is -2.31. The lowest BCUT2D eigenvalue weighted by atomic mass is 9.88. The fraction of sp³-hybridized carbons (Fsp3) is 0.368. The molecule has 0 radical (unpaired) electrons. The van der Waals surface area contributed by atoms with Crippen molar-refractivity contribution in [3.05, 3.63) is 48.3 Å². The van der Waals surface area contributed by atoms with Gasteiger partial charge in [0.05, 0.1) is 6.04 Å². The number of carbonyl (C=O) groups is 1. The quantitative estimate of drug-likeness (QED) is 0.881. The van der Waals surface area contributed by atoms with E-state index in [0.29, 0.717) is 36.3 Å². The van der Waals surface area contributed by atoms with Gasteiger partial charge in [0.15, 0.2) is 11.5 Å². The number of fused-ring (bicyclic) bond motifs is 1. The number of hydrogen-bond donors (Lipinski definition) is 2. The van der Waals surface area contributed by atoms with Crippen LogP contribution in [-0.2, 0) is 4.74 Å². The number of rotatable bonds is 4. The van der Waals surface area contributed by atoms with Gasteiger partial charge in [0.2, 0.25) is 6.79 Å². The summed E-state index contributed by atoms with van der Waals surface area (Å²) in [6.45, 7) is 1.64. The summed E-state index contributed by atoms with van der Waals surface area (Å²) < 4.78 is 16.1. The number of amides is 2. The van der Waals surface area contributed by atoms with Gasteiger partial charge in [-0.1, -0.05) is 6.07 Å². The third-order valence-corrected chi connectivity index (χ3v) is 4.70. The normalized spacial score (nSPS) is 17.5. The lowest BCUT2D eigenvalue weighted by molar-refractivity contribution is 0.0550. The van der Waals surface area contributed by atoms with Crippen molar-refractivity contribution in [2.45, 2.75) is 18.9 Å². The van der Waals surface area contributed by atoms with Crippen LogP contribution in [0.2, 0.25) is 0 Å². The van der Waals surface area contributed by atoms with Gasteiger partial charge in [0.1, 0.15) is 0 Å². The molecule has 2 aromatic rings. The summed E-state index contributed by atoms with van der Waals surface area (Å²) in [5, 5.41) is 5.98. The maximum atomic E-state index is 12.6. The molecule has 1 aromatic heterocycles. The van der Waals surface area contributed by atoms with Crippen molar-refractivity contribution < 1.29 is 19.0 Å². The molecule has 1 fully saturated rings. The molecule has 136 valence electrons. The monoisotopic (exact) mass is 355 g/mol. The topological polar surface area (TPSA) is 81.7 Å². The summed E-state index contributed by atoms with van der Waals surface area (Å²) in [5.41, 5.74) is 1.66. The van der Waals surface area contributed by atoms with Crippen molar-refractivity contribution in [1.29, 1.82) is 0 Å². The Bertz CT molecular complexity index is 763. The molecule has 7 nitrogen and oxygen atoms in total. The van der Waals surface area contributed by atoms with Gasteiger partial charge < -0.3 is 24.8 Å². The minimum atomic E-state index is -0.260. The Hall–Kier alpha value is -2.80. The van der Waals surface area contributed by atoms with Gasteiger partial charge in [0.25, 0.3) is 0 Å². The molecule has 2 N–H and O–H groups in total. The first kappa shape index (κ1) is 16.7. The van der Waals surface area contributed by atoms with Crippen molar-refractivity contribution in [3.8, 4) is 11.5 Å². The molecule has 7 heteroatoms. The van der Waals surface area contributed by atoms with Gasteiger partial charge in [-0.05, 0) is 42.5 Å². The Morgan fingerprint density at radius 3 is 2.81 bits per heavy atom. The Kier molecular flexibility index (Phi) is 4.88. The van der Waals surface area contributed by atoms with Crippen LogP contribution in [0.5, 0.6) is 11.5 Å². The van der Waals surface area contributed by atoms with E-state index in [1.807, 2.05) is 12.1 Å². The summed E-state index contributed by atoms with van der Waals surface area (Å²) in [5.74, 6) is 1.64. The minimum absolute atomic E-state index is 0.110. The van der Waals surface area contributed by atoms with Crippen LogP contribution in [0.4, 0.5) is 10.5 Å². The van der Waals surface area contributed by atoms with Crippen molar-refractivity contribution in [2.24, 2.45) is 5.92 Å². The smallest absolute Gasteiger partial charge is 0.319 e. The Labute approximate surface area is 151 Å². The first-order chi connectivity index (χ1) is 12.8. The molecule has 2 aliphatic heterocycles. The lowest BCUT2D eigenvalue weighted by Crippen LogP contribution is -2.38. The molecule has 1 aromatic carbocycles. The van der Waals surface area contributed by atoms with Gasteiger partial charge in [-0.2, -0.15) is 0 Å². The number of benzene rings is 1. The SMILES string of the molecule is O=C(Nc1ccc2c(c1)OCO2)N[C@H](c1cccnc1)C1CCOCC1. The van der Waals surface area contributed by atoms with Crippen molar-refractivity contribution in [3.63, 3.8) is 0 Å². The number of ether oxygens (including phenoxy) is 3. The van der Waals surface area contributed by atoms with Crippen molar-refractivity contribution >= 4 is 11.7 Å². The van der Waals surface area contributed by atoms with E-state index in [4.69, 9.17) is 14.2 Å². The maximum absolute atomic E-state index is 12.6. The van der Waals surface area contributed by atoms with Gasteiger partial charge in [-0.15, -0.1) is 0 Å². The predicted octanol–water partition coefficient (Wildman–Crippen LogP) is 3.10. The molecule has 2 aliphatic rings. The van der Waals surface area contributed by atoms with Gasteiger partial charge in [-0.3, -0.25) is 4.98 Å². The molecule has 0 saturated carbocycles. The Balaban J connectivity index is 1.47. The second kappa shape index (κ2) is 7.61. The van der Waals surface area contributed by atoms with Crippen LogP contribution in [0.3, 0.4) is 0 Å². The largest absolute Gasteiger partial charge is 0.454 e. The van der Waals surface area contributed by atoms with E-state index in [1.54, 1.807) is 30.6 Å². The highest BCUT2D eigenvalue weighted by Crippen LogP contribution is 2.34. The summed E-state index contributed by atoms with van der Waals surface area (Å²) in [6, 6.07) is 8.85. The van der Waals surface area contributed by atoms with Crippen molar-refractivity contribution in [2.75, 3.05) is 25.3 Å². The van der Waals surface area contributed by atoms with E-state index >= 15 is 0 Å². The first-order valence-corrected chi connectivity index (χ1v) is 8.74. The molecule has 0 aliphatic carbocycles. The van der Waals surface area contributed by atoms with E-state index in [2.05, 4.69) is 15.6 Å². The van der Waals surface area contributed by atoms with Crippen LogP contribution in [0.1, 0.15) is 24.4 Å². The molecular formula is C19H21N3O4. The van der Waals surface area contributed by atoms with Gasteiger partial charge in [-0.25, -0.2) is 4.79 Å². The Morgan fingerprint density at radius 2 is 2.00 bits per heavy atom. The number of nitrogens with one attached hydrogen (secondary N) is 2. The van der Waals surface area contributed by atoms with E-state index in [-0.39, 0.29) is 18.9 Å². The highest BCUT2D eigenvalue weighted by atomic mass is 16.7. The summed E-state index contributed by atoms with van der Waals surface area (Å²) >= 11 is 0. The van der Waals surface area contributed by atoms with E-state index in [0.717, 1.165) is 18.4 Å². The number of urea groups is 1. The van der Waals surface area contributed by atoms with E-state index in [1.165, 1.54) is 0 Å². The average molecular weight is 355 g/mol. The number of hydrogen-bond acceptors (Lipinski definition) is 5. The van der Waals surface area contributed by atoms with Crippen LogP contribution in [0, 0.1) is 5.92 Å². The molecular weight excluding hydrogens is 334 g/mol. The number of pyridine rings is 1. The second-order valence-corrected chi connectivity index (χ2v) is 6.38.